The van der Waals surface area contributed by atoms with Crippen LogP contribution in [0.5, 0.6) is 5.75 Å². The Hall–Kier alpha value is -2.37. The van der Waals surface area contributed by atoms with Crippen molar-refractivity contribution in [3.63, 3.8) is 0 Å². The van der Waals surface area contributed by atoms with Gasteiger partial charge in [-0.05, 0) is 62.8 Å². The zero-order chi connectivity index (χ0) is 19.2. The summed E-state index contributed by atoms with van der Waals surface area (Å²) in [6.45, 7) is 0.642. The van der Waals surface area contributed by atoms with Gasteiger partial charge in [-0.3, -0.25) is 10.8 Å². The molecule has 0 radical (unpaired) electrons. The minimum atomic E-state index is 0.0612. The van der Waals surface area contributed by atoms with Gasteiger partial charge in [0, 0.05) is 17.7 Å². The van der Waals surface area contributed by atoms with Crippen molar-refractivity contribution < 1.29 is 4.74 Å². The van der Waals surface area contributed by atoms with Crippen molar-refractivity contribution in [2.45, 2.75) is 64.2 Å². The first-order valence-electron chi connectivity index (χ1n) is 9.45. The molecule has 26 heavy (non-hydrogen) atoms. The highest BCUT2D eigenvalue weighted by Crippen LogP contribution is 2.13. The summed E-state index contributed by atoms with van der Waals surface area (Å²) in [6.07, 6.45) is 9.87. The lowest BCUT2D eigenvalue weighted by atomic mass is 10.0. The van der Waals surface area contributed by atoms with E-state index >= 15 is 0 Å². The molecule has 0 saturated heterocycles. The third kappa shape index (κ3) is 10.5. The van der Waals surface area contributed by atoms with Crippen molar-refractivity contribution in [1.82, 2.24) is 0 Å². The van der Waals surface area contributed by atoms with Gasteiger partial charge in [0.1, 0.15) is 11.6 Å². The van der Waals surface area contributed by atoms with Crippen LogP contribution in [0.3, 0.4) is 0 Å². The second-order valence-electron chi connectivity index (χ2n) is 6.64. The second kappa shape index (κ2) is 12.9. The number of hydrogen-bond donors (Lipinski definition) is 5. The summed E-state index contributed by atoms with van der Waals surface area (Å²) in [5, 5.41) is 22.5. The number of rotatable bonds is 15. The maximum absolute atomic E-state index is 8.01. The van der Waals surface area contributed by atoms with Gasteiger partial charge >= 0.3 is 0 Å². The van der Waals surface area contributed by atoms with Crippen LogP contribution >= 0.6 is 0 Å². The fourth-order valence-corrected chi connectivity index (χ4v) is 2.67. The van der Waals surface area contributed by atoms with E-state index in [9.17, 15) is 0 Å². The molecular formula is C20H33N5O. The fraction of sp³-hybridized carbons (Fsp3) is 0.550. The number of unbranched alkanes of at least 4 members (excludes halogenated alkanes) is 5. The predicted molar refractivity (Wildman–Crippen MR) is 109 cm³/mol. The van der Waals surface area contributed by atoms with E-state index in [-0.39, 0.29) is 11.7 Å². The van der Waals surface area contributed by atoms with Crippen LogP contribution in [-0.2, 0) is 0 Å². The Morgan fingerprint density at radius 1 is 0.731 bits per heavy atom. The molecule has 6 nitrogen and oxygen atoms in total. The van der Waals surface area contributed by atoms with Gasteiger partial charge in [0.05, 0.1) is 12.4 Å². The normalized spacial score (nSPS) is 10.5. The van der Waals surface area contributed by atoms with Gasteiger partial charge in [0.15, 0.2) is 0 Å². The maximum Gasteiger partial charge on any atom is 0.122 e. The average molecular weight is 360 g/mol. The predicted octanol–water partition coefficient (Wildman–Crippen LogP) is 4.21. The number of nitrogen functional groups attached to an aromatic ring is 1. The van der Waals surface area contributed by atoms with Crippen LogP contribution in [0.2, 0.25) is 0 Å². The van der Waals surface area contributed by atoms with Crippen molar-refractivity contribution in [3.05, 3.63) is 29.8 Å². The zero-order valence-corrected chi connectivity index (χ0v) is 15.7. The topological polar surface area (TPSA) is 133 Å². The Kier molecular flexibility index (Phi) is 10.8. The molecule has 0 bridgehead atoms. The molecular weight excluding hydrogens is 326 g/mol. The van der Waals surface area contributed by atoms with E-state index in [0.29, 0.717) is 18.6 Å². The molecule has 0 atom stereocenters. The number of hydrogen-bond acceptors (Lipinski definition) is 4. The van der Waals surface area contributed by atoms with Gasteiger partial charge in [-0.1, -0.05) is 19.3 Å². The van der Waals surface area contributed by atoms with Crippen molar-refractivity contribution in [2.75, 3.05) is 6.61 Å². The molecule has 0 amide bonds. The van der Waals surface area contributed by atoms with Crippen molar-refractivity contribution in [1.29, 1.82) is 16.2 Å². The second-order valence-corrected chi connectivity index (χ2v) is 6.64. The molecule has 0 heterocycles. The van der Waals surface area contributed by atoms with Gasteiger partial charge in [-0.15, -0.1) is 0 Å². The third-order valence-electron chi connectivity index (χ3n) is 4.23. The first kappa shape index (κ1) is 21.7. The molecule has 0 aliphatic carbocycles. The summed E-state index contributed by atoms with van der Waals surface area (Å²) >= 11 is 0. The Morgan fingerprint density at radius 2 is 1.27 bits per heavy atom. The lowest BCUT2D eigenvalue weighted by molar-refractivity contribution is 0.308. The number of ether oxygens (including phenoxy) is 1. The summed E-state index contributed by atoms with van der Waals surface area (Å²) in [5.74, 6) is 1.13. The van der Waals surface area contributed by atoms with Gasteiger partial charge in [-0.2, -0.15) is 0 Å². The number of nitrogens with two attached hydrogens (primary N) is 2. The van der Waals surface area contributed by atoms with E-state index in [1.165, 1.54) is 0 Å². The standard InChI is InChI=1S/C20H33N5O/c21-17(8-4-2-1-3-5-10-19(22)23)9-6-7-15-26-18-13-11-16(12-14-18)20(24)25/h11-14,21H,1-10,15H2,(H3,22,23)(H3,24,25). The highest BCUT2D eigenvalue weighted by atomic mass is 16.5. The first-order valence-corrected chi connectivity index (χ1v) is 9.45. The molecule has 0 aromatic heterocycles. The molecule has 1 aromatic rings. The van der Waals surface area contributed by atoms with Crippen LogP contribution in [-0.4, -0.2) is 24.0 Å². The highest BCUT2D eigenvalue weighted by Gasteiger charge is 2.01. The minimum Gasteiger partial charge on any atom is -0.494 e. The van der Waals surface area contributed by atoms with E-state index in [1.54, 1.807) is 12.1 Å². The zero-order valence-electron chi connectivity index (χ0n) is 15.7. The summed E-state index contributed by atoms with van der Waals surface area (Å²) < 4.78 is 5.67. The SMILES string of the molecule is N=C(N)CCCCCCCC(=N)CCCCOc1ccc(C(=N)N)cc1. The molecule has 1 rings (SSSR count). The van der Waals surface area contributed by atoms with Crippen molar-refractivity contribution >= 4 is 17.4 Å². The quantitative estimate of drug-likeness (QED) is 0.182. The summed E-state index contributed by atoms with van der Waals surface area (Å²) in [4.78, 5) is 0. The number of benzene rings is 1. The Balaban J connectivity index is 1.97. The van der Waals surface area contributed by atoms with Gasteiger partial charge in [0.2, 0.25) is 0 Å². The first-order chi connectivity index (χ1) is 12.5. The molecule has 0 aliphatic heterocycles. The van der Waals surface area contributed by atoms with Crippen LogP contribution < -0.4 is 16.2 Å². The largest absolute Gasteiger partial charge is 0.494 e. The lowest BCUT2D eigenvalue weighted by Crippen LogP contribution is -2.10. The van der Waals surface area contributed by atoms with Crippen LogP contribution in [0.4, 0.5) is 0 Å². The van der Waals surface area contributed by atoms with Gasteiger partial charge in [0.25, 0.3) is 0 Å². The smallest absolute Gasteiger partial charge is 0.122 e. The molecule has 0 saturated carbocycles. The third-order valence-corrected chi connectivity index (χ3v) is 4.23. The number of nitrogens with one attached hydrogen (secondary N) is 3. The van der Waals surface area contributed by atoms with E-state index in [2.05, 4.69) is 0 Å². The Morgan fingerprint density at radius 3 is 1.85 bits per heavy atom. The van der Waals surface area contributed by atoms with Crippen LogP contribution in [0.15, 0.2) is 24.3 Å². The molecule has 0 unspecified atom stereocenters. The van der Waals surface area contributed by atoms with Gasteiger partial charge in [-0.25, -0.2) is 0 Å². The van der Waals surface area contributed by atoms with Crippen molar-refractivity contribution in [2.24, 2.45) is 11.5 Å². The Bertz CT molecular complexity index is 568. The minimum absolute atomic E-state index is 0.0612. The summed E-state index contributed by atoms with van der Waals surface area (Å²) in [6, 6.07) is 7.23. The molecule has 0 aliphatic rings. The van der Waals surface area contributed by atoms with Gasteiger partial charge < -0.3 is 21.6 Å². The maximum atomic E-state index is 8.01. The summed E-state index contributed by atoms with van der Waals surface area (Å²) in [7, 11) is 0. The van der Waals surface area contributed by atoms with Crippen molar-refractivity contribution in [3.8, 4) is 5.75 Å². The fourth-order valence-electron chi connectivity index (χ4n) is 2.67. The number of amidine groups is 2. The lowest BCUT2D eigenvalue weighted by Gasteiger charge is -2.07. The molecule has 144 valence electrons. The molecule has 6 heteroatoms. The average Bonchev–Trinajstić information content (AvgIpc) is 2.60. The Labute approximate surface area is 156 Å². The van der Waals surface area contributed by atoms with E-state index < -0.39 is 0 Å². The summed E-state index contributed by atoms with van der Waals surface area (Å²) in [5.41, 5.74) is 12.3. The highest BCUT2D eigenvalue weighted by molar-refractivity contribution is 5.94. The van der Waals surface area contributed by atoms with Crippen LogP contribution in [0.25, 0.3) is 0 Å². The van der Waals surface area contributed by atoms with Crippen LogP contribution in [0, 0.1) is 16.2 Å². The molecule has 1 aromatic carbocycles. The molecule has 0 spiro atoms. The van der Waals surface area contributed by atoms with E-state index in [1.807, 2.05) is 12.1 Å². The monoisotopic (exact) mass is 359 g/mol. The molecule has 7 N–H and O–H groups in total. The molecule has 0 fully saturated rings. The van der Waals surface area contributed by atoms with Crippen LogP contribution in [0.1, 0.15) is 69.8 Å². The van der Waals surface area contributed by atoms with E-state index in [4.69, 9.17) is 32.4 Å². The van der Waals surface area contributed by atoms with E-state index in [0.717, 1.165) is 69.2 Å².